The number of thioether (sulfide) groups is 1. The third-order valence-electron chi connectivity index (χ3n) is 5.14. The molecule has 0 fully saturated rings. The highest BCUT2D eigenvalue weighted by Gasteiger charge is 2.36. The van der Waals surface area contributed by atoms with Crippen LogP contribution in [0.5, 0.6) is 0 Å². The van der Waals surface area contributed by atoms with Crippen LogP contribution < -0.4 is 5.32 Å². The monoisotopic (exact) mass is 402 g/mol. The summed E-state index contributed by atoms with van der Waals surface area (Å²) in [6, 6.07) is 24.6. The van der Waals surface area contributed by atoms with Crippen molar-refractivity contribution in [3.8, 4) is 0 Å². The molecule has 5 heteroatoms. The highest BCUT2D eigenvalue weighted by molar-refractivity contribution is 7.98. The Labute approximate surface area is 174 Å². The Morgan fingerprint density at radius 2 is 1.79 bits per heavy atom. The largest absolute Gasteiger partial charge is 0.324 e. The third-order valence-corrected chi connectivity index (χ3v) is 5.86. The number of rotatable bonds is 6. The van der Waals surface area contributed by atoms with Crippen molar-refractivity contribution in [3.63, 3.8) is 0 Å². The van der Waals surface area contributed by atoms with Crippen molar-refractivity contribution in [2.24, 2.45) is 0 Å². The molecule has 0 bridgehead atoms. The standard InChI is InChI=1S/C24H22N2O2S/c1-29-20-12-7-11-19(15-20)25-23(27)22(14-17-8-3-2-4-9-17)26-16-18-10-5-6-13-21(18)24(26)28/h2-13,15,22H,14,16H2,1H3,(H,25,27). The number of nitrogens with zero attached hydrogens (tertiary/aromatic N) is 1. The molecular formula is C24H22N2O2S. The summed E-state index contributed by atoms with van der Waals surface area (Å²) in [6.45, 7) is 0.449. The van der Waals surface area contributed by atoms with Crippen molar-refractivity contribution in [2.45, 2.75) is 23.9 Å². The quantitative estimate of drug-likeness (QED) is 0.613. The van der Waals surface area contributed by atoms with Gasteiger partial charge in [-0.3, -0.25) is 9.59 Å². The first kappa shape index (κ1) is 19.3. The lowest BCUT2D eigenvalue weighted by Crippen LogP contribution is -2.45. The number of nitrogens with one attached hydrogen (secondary N) is 1. The van der Waals surface area contributed by atoms with Gasteiger partial charge < -0.3 is 10.2 Å². The van der Waals surface area contributed by atoms with E-state index >= 15 is 0 Å². The van der Waals surface area contributed by atoms with Gasteiger partial charge in [0, 0.05) is 29.1 Å². The van der Waals surface area contributed by atoms with E-state index in [9.17, 15) is 9.59 Å². The van der Waals surface area contributed by atoms with E-state index in [1.54, 1.807) is 16.7 Å². The van der Waals surface area contributed by atoms with Crippen LogP contribution in [-0.4, -0.2) is 29.0 Å². The first-order chi connectivity index (χ1) is 14.2. The van der Waals surface area contributed by atoms with Gasteiger partial charge >= 0.3 is 0 Å². The zero-order valence-corrected chi connectivity index (χ0v) is 17.0. The summed E-state index contributed by atoms with van der Waals surface area (Å²) in [4.78, 5) is 29.1. The van der Waals surface area contributed by atoms with Gasteiger partial charge in [0.05, 0.1) is 0 Å². The Morgan fingerprint density at radius 3 is 2.55 bits per heavy atom. The molecule has 0 aromatic heterocycles. The fourth-order valence-electron chi connectivity index (χ4n) is 3.64. The first-order valence-corrected chi connectivity index (χ1v) is 10.8. The molecule has 0 spiro atoms. The maximum atomic E-state index is 13.3. The molecule has 1 atom stereocenters. The minimum atomic E-state index is -0.588. The predicted octanol–water partition coefficient (Wildman–Crippen LogP) is 4.61. The first-order valence-electron chi connectivity index (χ1n) is 9.53. The Morgan fingerprint density at radius 1 is 1.03 bits per heavy atom. The SMILES string of the molecule is CSc1cccc(NC(=O)C(Cc2ccccc2)N2Cc3ccccc3C2=O)c1. The number of hydrogen-bond acceptors (Lipinski definition) is 3. The van der Waals surface area contributed by atoms with Crippen molar-refractivity contribution >= 4 is 29.3 Å². The number of anilines is 1. The lowest BCUT2D eigenvalue weighted by Gasteiger charge is -2.27. The normalized spacial score (nSPS) is 13.8. The van der Waals surface area contributed by atoms with E-state index < -0.39 is 6.04 Å². The summed E-state index contributed by atoms with van der Waals surface area (Å²) in [7, 11) is 0. The van der Waals surface area contributed by atoms with Gasteiger partial charge in [0.1, 0.15) is 6.04 Å². The summed E-state index contributed by atoms with van der Waals surface area (Å²) in [5, 5.41) is 3.02. The summed E-state index contributed by atoms with van der Waals surface area (Å²) in [5.41, 5.74) is 3.41. The molecule has 4 nitrogen and oxygen atoms in total. The summed E-state index contributed by atoms with van der Waals surface area (Å²) in [6.07, 6.45) is 2.47. The van der Waals surface area contributed by atoms with Gasteiger partial charge in [0.25, 0.3) is 5.91 Å². The Bertz CT molecular complexity index is 1040. The molecular weight excluding hydrogens is 380 g/mol. The lowest BCUT2D eigenvalue weighted by atomic mass is 10.0. The summed E-state index contributed by atoms with van der Waals surface area (Å²) < 4.78 is 0. The van der Waals surface area contributed by atoms with E-state index in [2.05, 4.69) is 5.32 Å². The molecule has 29 heavy (non-hydrogen) atoms. The lowest BCUT2D eigenvalue weighted by molar-refractivity contribution is -0.120. The maximum Gasteiger partial charge on any atom is 0.255 e. The molecule has 1 heterocycles. The number of amides is 2. The molecule has 1 unspecified atom stereocenters. The minimum Gasteiger partial charge on any atom is -0.324 e. The highest BCUT2D eigenvalue weighted by Crippen LogP contribution is 2.27. The van der Waals surface area contributed by atoms with Crippen LogP contribution in [-0.2, 0) is 17.8 Å². The topological polar surface area (TPSA) is 49.4 Å². The number of benzene rings is 3. The van der Waals surface area contributed by atoms with E-state index in [-0.39, 0.29) is 11.8 Å². The maximum absolute atomic E-state index is 13.3. The second-order valence-electron chi connectivity index (χ2n) is 7.02. The molecule has 4 rings (SSSR count). The van der Waals surface area contributed by atoms with Crippen LogP contribution in [0.15, 0.2) is 83.8 Å². The zero-order valence-electron chi connectivity index (χ0n) is 16.2. The predicted molar refractivity (Wildman–Crippen MR) is 117 cm³/mol. The Balaban J connectivity index is 1.62. The van der Waals surface area contributed by atoms with Crippen LogP contribution in [0.3, 0.4) is 0 Å². The van der Waals surface area contributed by atoms with Gasteiger partial charge in [-0.2, -0.15) is 0 Å². The van der Waals surface area contributed by atoms with E-state index in [1.807, 2.05) is 85.1 Å². The molecule has 146 valence electrons. The molecule has 0 saturated carbocycles. The number of fused-ring (bicyclic) bond motifs is 1. The van der Waals surface area contributed by atoms with Gasteiger partial charge in [-0.05, 0) is 41.6 Å². The van der Waals surface area contributed by atoms with Gasteiger partial charge in [0.15, 0.2) is 0 Å². The molecule has 2 amide bonds. The van der Waals surface area contributed by atoms with Gasteiger partial charge in [-0.1, -0.05) is 54.6 Å². The number of carbonyl (C=O) groups excluding carboxylic acids is 2. The van der Waals surface area contributed by atoms with E-state index in [0.717, 1.165) is 21.7 Å². The van der Waals surface area contributed by atoms with Gasteiger partial charge in [-0.25, -0.2) is 0 Å². The van der Waals surface area contributed by atoms with E-state index in [4.69, 9.17) is 0 Å². The molecule has 0 aliphatic carbocycles. The van der Waals surface area contributed by atoms with Crippen LogP contribution in [0.4, 0.5) is 5.69 Å². The van der Waals surface area contributed by atoms with Crippen molar-refractivity contribution < 1.29 is 9.59 Å². The van der Waals surface area contributed by atoms with Crippen molar-refractivity contribution in [1.82, 2.24) is 4.90 Å². The van der Waals surface area contributed by atoms with Crippen LogP contribution in [0.1, 0.15) is 21.5 Å². The summed E-state index contributed by atoms with van der Waals surface area (Å²) >= 11 is 1.62. The number of carbonyl (C=O) groups is 2. The molecule has 3 aromatic carbocycles. The Hall–Kier alpha value is -3.05. The summed E-state index contributed by atoms with van der Waals surface area (Å²) in [5.74, 6) is -0.261. The van der Waals surface area contributed by atoms with Crippen LogP contribution in [0.2, 0.25) is 0 Å². The fraction of sp³-hybridized carbons (Fsp3) is 0.167. The smallest absolute Gasteiger partial charge is 0.255 e. The molecule has 0 saturated heterocycles. The molecule has 0 radical (unpaired) electrons. The number of hydrogen-bond donors (Lipinski definition) is 1. The average molecular weight is 403 g/mol. The third kappa shape index (κ3) is 4.20. The van der Waals surface area contributed by atoms with Crippen LogP contribution >= 0.6 is 11.8 Å². The van der Waals surface area contributed by atoms with Crippen molar-refractivity contribution in [3.05, 3.63) is 95.6 Å². The zero-order chi connectivity index (χ0) is 20.2. The fourth-order valence-corrected chi connectivity index (χ4v) is 4.10. The molecule has 1 aliphatic heterocycles. The van der Waals surface area contributed by atoms with Crippen molar-refractivity contribution in [2.75, 3.05) is 11.6 Å². The van der Waals surface area contributed by atoms with E-state index in [0.29, 0.717) is 18.5 Å². The molecule has 1 N–H and O–H groups in total. The van der Waals surface area contributed by atoms with Crippen LogP contribution in [0.25, 0.3) is 0 Å². The Kier molecular flexibility index (Phi) is 5.67. The highest BCUT2D eigenvalue weighted by atomic mass is 32.2. The van der Waals surface area contributed by atoms with Crippen molar-refractivity contribution in [1.29, 1.82) is 0 Å². The second kappa shape index (κ2) is 8.53. The molecule has 1 aliphatic rings. The molecule has 3 aromatic rings. The van der Waals surface area contributed by atoms with Gasteiger partial charge in [-0.15, -0.1) is 11.8 Å². The van der Waals surface area contributed by atoms with Gasteiger partial charge in [0.2, 0.25) is 5.91 Å². The minimum absolute atomic E-state index is 0.0884. The van der Waals surface area contributed by atoms with Crippen LogP contribution in [0, 0.1) is 0 Å². The van der Waals surface area contributed by atoms with E-state index in [1.165, 1.54) is 0 Å². The average Bonchev–Trinajstić information content (AvgIpc) is 3.09. The second-order valence-corrected chi connectivity index (χ2v) is 7.90.